The molecule has 0 saturated carbocycles. The van der Waals surface area contributed by atoms with Crippen molar-refractivity contribution in [2.45, 2.75) is 18.9 Å². The van der Waals surface area contributed by atoms with E-state index in [-0.39, 0.29) is 12.0 Å². The Labute approximate surface area is 146 Å². The van der Waals surface area contributed by atoms with E-state index in [4.69, 9.17) is 14.2 Å². The number of rotatable bonds is 6. The predicted octanol–water partition coefficient (Wildman–Crippen LogP) is 1.72. The van der Waals surface area contributed by atoms with Crippen LogP contribution in [-0.4, -0.2) is 54.4 Å². The van der Waals surface area contributed by atoms with E-state index in [9.17, 15) is 4.79 Å². The first-order valence-corrected chi connectivity index (χ1v) is 8.13. The maximum Gasteiger partial charge on any atom is 0.233 e. The summed E-state index contributed by atoms with van der Waals surface area (Å²) in [5, 5.41) is 7.83. The molecule has 0 bridgehead atoms. The van der Waals surface area contributed by atoms with Gasteiger partial charge in [0.1, 0.15) is 11.9 Å². The van der Waals surface area contributed by atoms with Crippen LogP contribution >= 0.6 is 0 Å². The van der Waals surface area contributed by atoms with Crippen molar-refractivity contribution in [1.29, 1.82) is 0 Å². The molecule has 132 valence electrons. The van der Waals surface area contributed by atoms with Crippen LogP contribution in [0, 0.1) is 0 Å². The molecule has 2 aromatic rings. The molecule has 0 N–H and O–H groups in total. The van der Waals surface area contributed by atoms with Gasteiger partial charge in [-0.2, -0.15) is 0 Å². The molecule has 1 atom stereocenters. The Hall–Kier alpha value is -2.83. The van der Waals surface area contributed by atoms with Crippen LogP contribution in [0.1, 0.15) is 12.0 Å². The number of amides is 1. The van der Waals surface area contributed by atoms with Gasteiger partial charge in [0.15, 0.2) is 0 Å². The molecule has 0 radical (unpaired) electrons. The summed E-state index contributed by atoms with van der Waals surface area (Å²) in [7, 11) is 3.16. The molecule has 1 amide bonds. The molecule has 0 aliphatic carbocycles. The number of aromatic nitrogens is 2. The van der Waals surface area contributed by atoms with Gasteiger partial charge in [-0.05, 0) is 17.7 Å². The Bertz CT molecular complexity index is 703. The van der Waals surface area contributed by atoms with E-state index in [0.29, 0.717) is 31.3 Å². The van der Waals surface area contributed by atoms with Crippen LogP contribution in [0.5, 0.6) is 17.5 Å². The van der Waals surface area contributed by atoms with Crippen molar-refractivity contribution in [3.05, 3.63) is 42.0 Å². The maximum absolute atomic E-state index is 12.4. The highest BCUT2D eigenvalue weighted by Crippen LogP contribution is 2.19. The zero-order chi connectivity index (χ0) is 17.6. The Kier molecular flexibility index (Phi) is 5.33. The van der Waals surface area contributed by atoms with Gasteiger partial charge in [0.25, 0.3) is 0 Å². The number of hydrogen-bond acceptors (Lipinski definition) is 6. The number of nitrogens with zero attached hydrogens (tertiary/aromatic N) is 3. The van der Waals surface area contributed by atoms with Gasteiger partial charge in [0.05, 0.1) is 27.2 Å². The fourth-order valence-corrected chi connectivity index (χ4v) is 2.73. The first kappa shape index (κ1) is 17.0. The van der Waals surface area contributed by atoms with E-state index in [1.807, 2.05) is 29.2 Å². The summed E-state index contributed by atoms with van der Waals surface area (Å²) in [6.45, 7) is 1.24. The first-order valence-electron chi connectivity index (χ1n) is 8.13. The summed E-state index contributed by atoms with van der Waals surface area (Å²) in [5.74, 6) is 1.76. The lowest BCUT2D eigenvalue weighted by Gasteiger charge is -2.17. The minimum absolute atomic E-state index is 0.0671. The number of ether oxygens (including phenoxy) is 3. The highest BCUT2D eigenvalue weighted by molar-refractivity contribution is 5.79. The molecular formula is C18H21N3O4. The maximum atomic E-state index is 12.4. The Morgan fingerprint density at radius 2 is 1.80 bits per heavy atom. The summed E-state index contributed by atoms with van der Waals surface area (Å²) < 4.78 is 15.9. The summed E-state index contributed by atoms with van der Waals surface area (Å²) in [6.07, 6.45) is 1.09. The Balaban J connectivity index is 1.51. The number of hydrogen-bond donors (Lipinski definition) is 0. The molecule has 1 aromatic carbocycles. The molecule has 1 aromatic heterocycles. The van der Waals surface area contributed by atoms with E-state index < -0.39 is 0 Å². The molecule has 1 fully saturated rings. The first-order chi connectivity index (χ1) is 12.2. The van der Waals surface area contributed by atoms with Crippen LogP contribution < -0.4 is 14.2 Å². The highest BCUT2D eigenvalue weighted by Gasteiger charge is 2.27. The van der Waals surface area contributed by atoms with Crippen molar-refractivity contribution in [3.63, 3.8) is 0 Å². The van der Waals surface area contributed by atoms with E-state index >= 15 is 0 Å². The number of likely N-dealkylation sites (tertiary alicyclic amines) is 1. The Morgan fingerprint density at radius 3 is 2.44 bits per heavy atom. The molecule has 0 spiro atoms. The van der Waals surface area contributed by atoms with Crippen molar-refractivity contribution in [3.8, 4) is 17.5 Å². The second-order valence-corrected chi connectivity index (χ2v) is 5.81. The van der Waals surface area contributed by atoms with Gasteiger partial charge < -0.3 is 19.1 Å². The third-order valence-electron chi connectivity index (χ3n) is 4.12. The normalized spacial score (nSPS) is 16.6. The number of benzene rings is 1. The van der Waals surface area contributed by atoms with Crippen molar-refractivity contribution in [1.82, 2.24) is 15.1 Å². The number of carbonyl (C=O) groups is 1. The minimum atomic E-state index is -0.0671. The fourth-order valence-electron chi connectivity index (χ4n) is 2.73. The quantitative estimate of drug-likeness (QED) is 0.795. The molecule has 1 saturated heterocycles. The molecule has 1 aliphatic rings. The summed E-state index contributed by atoms with van der Waals surface area (Å²) in [5.41, 5.74) is 0.969. The van der Waals surface area contributed by atoms with Crippen LogP contribution in [0.4, 0.5) is 0 Å². The van der Waals surface area contributed by atoms with Gasteiger partial charge in [-0.15, -0.1) is 10.2 Å². The lowest BCUT2D eigenvalue weighted by atomic mass is 10.1. The minimum Gasteiger partial charge on any atom is -0.497 e. The van der Waals surface area contributed by atoms with Gasteiger partial charge in [-0.1, -0.05) is 12.1 Å². The van der Waals surface area contributed by atoms with Gasteiger partial charge in [0.2, 0.25) is 17.7 Å². The van der Waals surface area contributed by atoms with Crippen LogP contribution in [0.2, 0.25) is 0 Å². The van der Waals surface area contributed by atoms with Crippen LogP contribution in [0.15, 0.2) is 36.4 Å². The lowest BCUT2D eigenvalue weighted by Crippen LogP contribution is -2.32. The van der Waals surface area contributed by atoms with E-state index in [0.717, 1.165) is 17.7 Å². The third kappa shape index (κ3) is 4.37. The van der Waals surface area contributed by atoms with Gasteiger partial charge >= 0.3 is 0 Å². The molecule has 7 nitrogen and oxygen atoms in total. The van der Waals surface area contributed by atoms with Crippen molar-refractivity contribution < 1.29 is 19.0 Å². The number of methoxy groups -OCH3 is 2. The SMILES string of the molecule is COc1ccc(CC(=O)N2CCC(Oc3ccc(OC)nn3)C2)cc1. The molecule has 7 heteroatoms. The highest BCUT2D eigenvalue weighted by atomic mass is 16.5. The summed E-state index contributed by atoms with van der Waals surface area (Å²) in [6, 6.07) is 11.0. The zero-order valence-electron chi connectivity index (χ0n) is 14.3. The van der Waals surface area contributed by atoms with E-state index in [1.54, 1.807) is 19.2 Å². The van der Waals surface area contributed by atoms with E-state index in [1.165, 1.54) is 7.11 Å². The van der Waals surface area contributed by atoms with Crippen molar-refractivity contribution in [2.24, 2.45) is 0 Å². The molecule has 25 heavy (non-hydrogen) atoms. The molecule has 3 rings (SSSR count). The zero-order valence-corrected chi connectivity index (χ0v) is 14.3. The van der Waals surface area contributed by atoms with Crippen LogP contribution in [0.25, 0.3) is 0 Å². The lowest BCUT2D eigenvalue weighted by molar-refractivity contribution is -0.129. The third-order valence-corrected chi connectivity index (χ3v) is 4.12. The van der Waals surface area contributed by atoms with Gasteiger partial charge in [-0.25, -0.2) is 0 Å². The predicted molar refractivity (Wildman–Crippen MR) is 90.9 cm³/mol. The van der Waals surface area contributed by atoms with Crippen LogP contribution in [-0.2, 0) is 11.2 Å². The fraction of sp³-hybridized carbons (Fsp3) is 0.389. The Morgan fingerprint density at radius 1 is 1.08 bits per heavy atom. The van der Waals surface area contributed by atoms with Gasteiger partial charge in [0, 0.05) is 25.1 Å². The average Bonchev–Trinajstić information content (AvgIpc) is 3.12. The summed E-state index contributed by atoms with van der Waals surface area (Å²) in [4.78, 5) is 14.3. The smallest absolute Gasteiger partial charge is 0.233 e. The summed E-state index contributed by atoms with van der Waals surface area (Å²) >= 11 is 0. The average molecular weight is 343 g/mol. The van der Waals surface area contributed by atoms with Gasteiger partial charge in [-0.3, -0.25) is 4.79 Å². The van der Waals surface area contributed by atoms with Crippen LogP contribution in [0.3, 0.4) is 0 Å². The van der Waals surface area contributed by atoms with E-state index in [2.05, 4.69) is 10.2 Å². The number of carbonyl (C=O) groups excluding carboxylic acids is 1. The topological polar surface area (TPSA) is 73.8 Å². The standard InChI is InChI=1S/C18H21N3O4/c1-23-14-5-3-13(4-6-14)11-18(22)21-10-9-15(12-21)25-17-8-7-16(24-2)19-20-17/h3-8,15H,9-12H2,1-2H3. The largest absolute Gasteiger partial charge is 0.497 e. The molecular weight excluding hydrogens is 322 g/mol. The van der Waals surface area contributed by atoms with Crippen molar-refractivity contribution in [2.75, 3.05) is 27.3 Å². The molecule has 1 unspecified atom stereocenters. The molecule has 2 heterocycles. The monoisotopic (exact) mass is 343 g/mol. The second kappa shape index (κ2) is 7.83. The second-order valence-electron chi connectivity index (χ2n) is 5.81. The van der Waals surface area contributed by atoms with Crippen molar-refractivity contribution >= 4 is 5.91 Å². The molecule has 1 aliphatic heterocycles.